The molecule has 3 nitrogen and oxygen atoms in total. The van der Waals surface area contributed by atoms with Crippen LogP contribution in [0.25, 0.3) is 0 Å². The molecular weight excluding hydrogens is 210 g/mol. The maximum atomic E-state index is 3.68. The summed E-state index contributed by atoms with van der Waals surface area (Å²) in [7, 11) is 4.53. The monoisotopic (exact) mass is 239 g/mol. The SMILES string of the molecule is CC1CCCNC1CN(C)CC1CCN(C)C1. The van der Waals surface area contributed by atoms with Crippen LogP contribution in [0.2, 0.25) is 0 Å². The molecule has 0 aromatic carbocycles. The van der Waals surface area contributed by atoms with E-state index in [9.17, 15) is 0 Å². The molecule has 2 aliphatic heterocycles. The Morgan fingerprint density at radius 1 is 1.29 bits per heavy atom. The van der Waals surface area contributed by atoms with E-state index in [-0.39, 0.29) is 0 Å². The maximum Gasteiger partial charge on any atom is 0.0220 e. The minimum atomic E-state index is 0.716. The smallest absolute Gasteiger partial charge is 0.0220 e. The molecule has 2 aliphatic rings. The highest BCUT2D eigenvalue weighted by Crippen LogP contribution is 2.18. The Kier molecular flexibility index (Phi) is 4.83. The molecular formula is C14H29N3. The van der Waals surface area contributed by atoms with Crippen molar-refractivity contribution in [2.24, 2.45) is 11.8 Å². The summed E-state index contributed by atoms with van der Waals surface area (Å²) < 4.78 is 0. The highest BCUT2D eigenvalue weighted by molar-refractivity contribution is 4.82. The van der Waals surface area contributed by atoms with E-state index >= 15 is 0 Å². The van der Waals surface area contributed by atoms with Gasteiger partial charge < -0.3 is 15.1 Å². The van der Waals surface area contributed by atoms with E-state index in [1.807, 2.05) is 0 Å². The van der Waals surface area contributed by atoms with Crippen molar-refractivity contribution in [3.63, 3.8) is 0 Å². The van der Waals surface area contributed by atoms with Crippen molar-refractivity contribution in [3.05, 3.63) is 0 Å². The number of nitrogens with one attached hydrogen (secondary N) is 1. The standard InChI is InChI=1S/C14H29N3/c1-12-5-4-7-15-14(12)11-17(3)10-13-6-8-16(2)9-13/h12-15H,4-11H2,1-3H3. The average molecular weight is 239 g/mol. The lowest BCUT2D eigenvalue weighted by molar-refractivity contribution is 0.197. The van der Waals surface area contributed by atoms with Gasteiger partial charge in [0.2, 0.25) is 0 Å². The van der Waals surface area contributed by atoms with Gasteiger partial charge in [0.25, 0.3) is 0 Å². The largest absolute Gasteiger partial charge is 0.312 e. The summed E-state index contributed by atoms with van der Waals surface area (Å²) >= 11 is 0. The number of likely N-dealkylation sites (tertiary alicyclic amines) is 1. The van der Waals surface area contributed by atoms with Crippen LogP contribution < -0.4 is 5.32 Å². The van der Waals surface area contributed by atoms with Crippen LogP contribution in [0.1, 0.15) is 26.2 Å². The van der Waals surface area contributed by atoms with Gasteiger partial charge >= 0.3 is 0 Å². The highest BCUT2D eigenvalue weighted by atomic mass is 15.2. The van der Waals surface area contributed by atoms with E-state index < -0.39 is 0 Å². The predicted octanol–water partition coefficient (Wildman–Crippen LogP) is 1.26. The third kappa shape index (κ3) is 3.94. The van der Waals surface area contributed by atoms with Gasteiger partial charge in [0.1, 0.15) is 0 Å². The Balaban J connectivity index is 1.70. The van der Waals surface area contributed by atoms with Gasteiger partial charge in [-0.3, -0.25) is 0 Å². The Morgan fingerprint density at radius 2 is 2.12 bits per heavy atom. The van der Waals surface area contributed by atoms with Gasteiger partial charge in [-0.15, -0.1) is 0 Å². The molecule has 0 saturated carbocycles. The lowest BCUT2D eigenvalue weighted by Crippen LogP contribution is -2.47. The lowest BCUT2D eigenvalue weighted by Gasteiger charge is -2.34. The molecule has 0 aromatic heterocycles. The average Bonchev–Trinajstić information content (AvgIpc) is 2.67. The molecule has 0 radical (unpaired) electrons. The fourth-order valence-electron chi connectivity index (χ4n) is 3.38. The zero-order valence-corrected chi connectivity index (χ0v) is 11.8. The molecule has 2 rings (SSSR count). The van der Waals surface area contributed by atoms with Crippen LogP contribution >= 0.6 is 0 Å². The van der Waals surface area contributed by atoms with Crippen molar-refractivity contribution in [2.45, 2.75) is 32.2 Å². The van der Waals surface area contributed by atoms with Crippen molar-refractivity contribution < 1.29 is 0 Å². The van der Waals surface area contributed by atoms with Gasteiger partial charge in [0.05, 0.1) is 0 Å². The molecule has 0 amide bonds. The number of likely N-dealkylation sites (N-methyl/N-ethyl adjacent to an activating group) is 1. The van der Waals surface area contributed by atoms with E-state index in [0.29, 0.717) is 6.04 Å². The first-order valence-corrected chi connectivity index (χ1v) is 7.25. The summed E-state index contributed by atoms with van der Waals surface area (Å²) in [4.78, 5) is 5.00. The van der Waals surface area contributed by atoms with E-state index in [1.54, 1.807) is 0 Å². The highest BCUT2D eigenvalue weighted by Gasteiger charge is 2.25. The first-order chi connectivity index (χ1) is 8.15. The molecule has 0 spiro atoms. The van der Waals surface area contributed by atoms with Crippen molar-refractivity contribution in [1.29, 1.82) is 0 Å². The molecule has 0 aromatic rings. The first-order valence-electron chi connectivity index (χ1n) is 7.25. The number of piperidine rings is 1. The number of rotatable bonds is 4. The summed E-state index contributed by atoms with van der Waals surface area (Å²) in [5, 5.41) is 3.68. The number of hydrogen-bond acceptors (Lipinski definition) is 3. The van der Waals surface area contributed by atoms with Crippen molar-refractivity contribution >= 4 is 0 Å². The quantitative estimate of drug-likeness (QED) is 0.797. The lowest BCUT2D eigenvalue weighted by atomic mass is 9.92. The van der Waals surface area contributed by atoms with Crippen LogP contribution in [0.15, 0.2) is 0 Å². The molecule has 2 saturated heterocycles. The fourth-order valence-corrected chi connectivity index (χ4v) is 3.38. The van der Waals surface area contributed by atoms with Gasteiger partial charge in [-0.25, -0.2) is 0 Å². The Hall–Kier alpha value is -0.120. The molecule has 3 atom stereocenters. The minimum absolute atomic E-state index is 0.716. The third-order valence-corrected chi connectivity index (χ3v) is 4.50. The minimum Gasteiger partial charge on any atom is -0.312 e. The summed E-state index contributed by atoms with van der Waals surface area (Å²) in [6.07, 6.45) is 4.14. The van der Waals surface area contributed by atoms with Gasteiger partial charge in [-0.1, -0.05) is 6.92 Å². The molecule has 1 N–H and O–H groups in total. The molecule has 2 heterocycles. The van der Waals surface area contributed by atoms with Crippen LogP contribution in [0.5, 0.6) is 0 Å². The number of hydrogen-bond donors (Lipinski definition) is 1. The predicted molar refractivity (Wildman–Crippen MR) is 73.3 cm³/mol. The van der Waals surface area contributed by atoms with Crippen LogP contribution in [0.3, 0.4) is 0 Å². The molecule has 17 heavy (non-hydrogen) atoms. The Labute approximate surface area is 107 Å². The third-order valence-electron chi connectivity index (χ3n) is 4.50. The Morgan fingerprint density at radius 3 is 2.76 bits per heavy atom. The second-order valence-electron chi connectivity index (χ2n) is 6.32. The zero-order valence-electron chi connectivity index (χ0n) is 11.8. The molecule has 3 unspecified atom stereocenters. The molecule has 100 valence electrons. The van der Waals surface area contributed by atoms with E-state index in [4.69, 9.17) is 0 Å². The molecule has 3 heteroatoms. The van der Waals surface area contributed by atoms with Gasteiger partial charge in [0.15, 0.2) is 0 Å². The van der Waals surface area contributed by atoms with Crippen molar-refractivity contribution in [1.82, 2.24) is 15.1 Å². The van der Waals surface area contributed by atoms with Gasteiger partial charge in [-0.2, -0.15) is 0 Å². The normalized spacial score (nSPS) is 35.6. The van der Waals surface area contributed by atoms with Crippen LogP contribution in [0.4, 0.5) is 0 Å². The summed E-state index contributed by atoms with van der Waals surface area (Å²) in [5.41, 5.74) is 0. The van der Waals surface area contributed by atoms with Gasteiger partial charge in [-0.05, 0) is 58.3 Å². The fraction of sp³-hybridized carbons (Fsp3) is 1.00. The summed E-state index contributed by atoms with van der Waals surface area (Å²) in [5.74, 6) is 1.74. The van der Waals surface area contributed by atoms with E-state index in [1.165, 1.54) is 52.0 Å². The van der Waals surface area contributed by atoms with Crippen LogP contribution in [-0.4, -0.2) is 62.7 Å². The van der Waals surface area contributed by atoms with Crippen molar-refractivity contribution in [3.8, 4) is 0 Å². The Bertz CT molecular complexity index is 232. The van der Waals surface area contributed by atoms with Crippen LogP contribution in [-0.2, 0) is 0 Å². The molecule has 0 aliphatic carbocycles. The zero-order chi connectivity index (χ0) is 12.3. The van der Waals surface area contributed by atoms with Gasteiger partial charge in [0, 0.05) is 25.7 Å². The van der Waals surface area contributed by atoms with E-state index in [2.05, 4.69) is 36.1 Å². The molecule has 0 bridgehead atoms. The first kappa shape index (κ1) is 13.3. The van der Waals surface area contributed by atoms with Crippen molar-refractivity contribution in [2.75, 3.05) is 46.8 Å². The maximum absolute atomic E-state index is 3.68. The topological polar surface area (TPSA) is 18.5 Å². The second kappa shape index (κ2) is 6.17. The van der Waals surface area contributed by atoms with Crippen LogP contribution in [0, 0.1) is 11.8 Å². The number of nitrogens with zero attached hydrogens (tertiary/aromatic N) is 2. The summed E-state index contributed by atoms with van der Waals surface area (Å²) in [6, 6.07) is 0.716. The molecule has 2 fully saturated rings. The summed E-state index contributed by atoms with van der Waals surface area (Å²) in [6.45, 7) is 8.69. The second-order valence-corrected chi connectivity index (χ2v) is 6.32. The van der Waals surface area contributed by atoms with E-state index in [0.717, 1.165) is 11.8 Å².